The number of rotatable bonds is 7. The Kier molecular flexibility index (Phi) is 6.01. The zero-order chi connectivity index (χ0) is 24.5. The lowest BCUT2D eigenvalue weighted by molar-refractivity contribution is 0.0706. The molecule has 4 aromatic rings. The number of aliphatic hydroxyl groups excluding tert-OH is 1. The predicted molar refractivity (Wildman–Crippen MR) is 132 cm³/mol. The topological polar surface area (TPSA) is 98.7 Å². The fourth-order valence-corrected chi connectivity index (χ4v) is 4.71. The Labute approximate surface area is 203 Å². The lowest BCUT2D eigenvalue weighted by atomic mass is 9.94. The Morgan fingerprint density at radius 2 is 1.80 bits per heavy atom. The van der Waals surface area contributed by atoms with Gasteiger partial charge in [0.15, 0.2) is 0 Å². The second kappa shape index (κ2) is 9.27. The number of phenolic OH excluding ortho intramolecular Hbond substituents is 1. The number of amides is 1. The number of aromatic nitrogens is 2. The van der Waals surface area contributed by atoms with Crippen LogP contribution < -0.4 is 4.74 Å². The lowest BCUT2D eigenvalue weighted by Crippen LogP contribution is -2.32. The molecule has 1 aliphatic rings. The minimum absolute atomic E-state index is 0.140. The Hall–Kier alpha value is -4.10. The number of fused-ring (bicyclic) bond motifs is 1. The van der Waals surface area contributed by atoms with E-state index in [1.54, 1.807) is 4.90 Å². The molecule has 7 heteroatoms. The Morgan fingerprint density at radius 1 is 1.06 bits per heavy atom. The van der Waals surface area contributed by atoms with E-state index < -0.39 is 6.04 Å². The molecule has 1 atom stereocenters. The largest absolute Gasteiger partial charge is 0.507 e. The highest BCUT2D eigenvalue weighted by Gasteiger charge is 2.42. The Morgan fingerprint density at radius 3 is 2.51 bits per heavy atom. The first-order valence-electron chi connectivity index (χ1n) is 11.5. The number of benzene rings is 3. The van der Waals surface area contributed by atoms with Crippen LogP contribution in [-0.4, -0.2) is 44.4 Å². The predicted octanol–water partition coefficient (Wildman–Crippen LogP) is 4.52. The number of aromatic hydroxyl groups is 1. The van der Waals surface area contributed by atoms with Gasteiger partial charge in [0.2, 0.25) is 0 Å². The molecule has 0 unspecified atom stereocenters. The van der Waals surface area contributed by atoms with Gasteiger partial charge in [-0.15, -0.1) is 0 Å². The van der Waals surface area contributed by atoms with Crippen molar-refractivity contribution in [3.63, 3.8) is 0 Å². The molecule has 35 heavy (non-hydrogen) atoms. The molecule has 0 saturated carbocycles. The summed E-state index contributed by atoms with van der Waals surface area (Å²) in [5.41, 5.74) is 5.85. The van der Waals surface area contributed by atoms with Gasteiger partial charge in [-0.1, -0.05) is 48.5 Å². The normalized spacial score (nSPS) is 14.9. The number of hydrogen-bond donors (Lipinski definition) is 3. The molecule has 3 aromatic carbocycles. The van der Waals surface area contributed by atoms with E-state index >= 15 is 0 Å². The molecular formula is C28H27N3O4. The summed E-state index contributed by atoms with van der Waals surface area (Å²) in [4.78, 5) is 14.8. The van der Waals surface area contributed by atoms with E-state index in [-0.39, 0.29) is 24.8 Å². The third kappa shape index (κ3) is 4.15. The zero-order valence-corrected chi connectivity index (χ0v) is 19.7. The molecule has 1 amide bonds. The number of aryl methyl sites for hydroxylation is 2. The Balaban J connectivity index is 1.52. The first-order chi connectivity index (χ1) is 17.0. The van der Waals surface area contributed by atoms with E-state index in [4.69, 9.17) is 4.74 Å². The number of hydrogen-bond acceptors (Lipinski definition) is 5. The maximum absolute atomic E-state index is 13.2. The van der Waals surface area contributed by atoms with Gasteiger partial charge in [0.25, 0.3) is 5.91 Å². The number of ether oxygens (including phenoxy) is 1. The van der Waals surface area contributed by atoms with Gasteiger partial charge >= 0.3 is 0 Å². The molecule has 0 spiro atoms. The SMILES string of the molecule is Cc1cc(C)c(O)c(-c2n[nH]c3c2[C@H](c2ccc(OCc4ccccc4)cc2)N(CCO)C3=O)c1. The fourth-order valence-electron chi connectivity index (χ4n) is 4.71. The molecule has 7 nitrogen and oxygen atoms in total. The molecule has 2 heterocycles. The number of aliphatic hydroxyl groups is 1. The molecule has 1 aliphatic heterocycles. The van der Waals surface area contributed by atoms with Gasteiger partial charge in [-0.25, -0.2) is 0 Å². The summed E-state index contributed by atoms with van der Waals surface area (Å²) >= 11 is 0. The number of phenols is 1. The number of β-amino-alcohol motifs (C(OH)–C–C–N with tert-alkyl or cyclic N) is 1. The fraction of sp³-hybridized carbons (Fsp3) is 0.214. The maximum Gasteiger partial charge on any atom is 0.273 e. The summed E-state index contributed by atoms with van der Waals surface area (Å²) in [5, 5.41) is 27.8. The molecule has 178 valence electrons. The van der Waals surface area contributed by atoms with E-state index in [1.807, 2.05) is 80.6 Å². The van der Waals surface area contributed by atoms with E-state index in [0.29, 0.717) is 29.1 Å². The average Bonchev–Trinajstić information content (AvgIpc) is 3.40. The van der Waals surface area contributed by atoms with Crippen LogP contribution in [0.25, 0.3) is 11.3 Å². The van der Waals surface area contributed by atoms with Crippen LogP contribution in [0, 0.1) is 13.8 Å². The standard InChI is InChI=1S/C28H27N3O4/c1-17-14-18(2)27(33)22(15-17)24-23-25(30-29-24)28(34)31(12-13-32)26(23)20-8-10-21(11-9-20)35-16-19-6-4-3-5-7-19/h3-11,14-15,26,32-33H,12-13,16H2,1-2H3,(H,29,30)/t26-/m0/s1. The summed E-state index contributed by atoms with van der Waals surface area (Å²) in [6, 6.07) is 20.9. The molecule has 0 bridgehead atoms. The van der Waals surface area contributed by atoms with E-state index in [2.05, 4.69) is 10.2 Å². The number of carbonyl (C=O) groups excluding carboxylic acids is 1. The number of nitrogens with zero attached hydrogens (tertiary/aromatic N) is 2. The second-order valence-electron chi connectivity index (χ2n) is 8.81. The van der Waals surface area contributed by atoms with Crippen molar-refractivity contribution in [1.82, 2.24) is 15.1 Å². The van der Waals surface area contributed by atoms with Crippen molar-refractivity contribution in [3.8, 4) is 22.8 Å². The summed E-state index contributed by atoms with van der Waals surface area (Å²) in [6.45, 7) is 4.27. The van der Waals surface area contributed by atoms with Gasteiger partial charge in [-0.05, 0) is 54.3 Å². The average molecular weight is 470 g/mol. The van der Waals surface area contributed by atoms with Crippen molar-refractivity contribution in [3.05, 3.63) is 100 Å². The highest BCUT2D eigenvalue weighted by atomic mass is 16.5. The van der Waals surface area contributed by atoms with Crippen LogP contribution in [0.15, 0.2) is 66.7 Å². The third-order valence-corrected chi connectivity index (χ3v) is 6.35. The van der Waals surface area contributed by atoms with Crippen LogP contribution in [0.3, 0.4) is 0 Å². The number of carbonyl (C=O) groups is 1. The van der Waals surface area contributed by atoms with Crippen LogP contribution in [0.5, 0.6) is 11.5 Å². The minimum atomic E-state index is -0.457. The van der Waals surface area contributed by atoms with E-state index in [0.717, 1.165) is 28.0 Å². The maximum atomic E-state index is 13.2. The Bertz CT molecular complexity index is 1360. The second-order valence-corrected chi connectivity index (χ2v) is 8.81. The molecule has 0 saturated heterocycles. The van der Waals surface area contributed by atoms with Crippen LogP contribution in [-0.2, 0) is 6.61 Å². The molecule has 0 fully saturated rings. The summed E-state index contributed by atoms with van der Waals surface area (Å²) < 4.78 is 5.92. The van der Waals surface area contributed by atoms with E-state index in [1.165, 1.54) is 0 Å². The van der Waals surface area contributed by atoms with Crippen LogP contribution in [0.1, 0.15) is 44.3 Å². The van der Waals surface area contributed by atoms with Crippen molar-refractivity contribution in [2.45, 2.75) is 26.5 Å². The first-order valence-corrected chi connectivity index (χ1v) is 11.5. The van der Waals surface area contributed by atoms with Crippen molar-refractivity contribution in [2.75, 3.05) is 13.2 Å². The summed E-state index contributed by atoms with van der Waals surface area (Å²) in [6.07, 6.45) is 0. The van der Waals surface area contributed by atoms with E-state index in [9.17, 15) is 15.0 Å². The number of aromatic amines is 1. The first kappa shape index (κ1) is 22.7. The van der Waals surface area contributed by atoms with Crippen molar-refractivity contribution >= 4 is 5.91 Å². The summed E-state index contributed by atoms with van der Waals surface area (Å²) in [5.74, 6) is 0.627. The van der Waals surface area contributed by atoms with Crippen LogP contribution in [0.2, 0.25) is 0 Å². The quantitative estimate of drug-likeness (QED) is 0.370. The number of nitrogens with one attached hydrogen (secondary N) is 1. The third-order valence-electron chi connectivity index (χ3n) is 6.35. The number of H-pyrrole nitrogens is 1. The molecule has 0 aliphatic carbocycles. The lowest BCUT2D eigenvalue weighted by Gasteiger charge is -2.26. The molecule has 0 radical (unpaired) electrons. The minimum Gasteiger partial charge on any atom is -0.507 e. The van der Waals surface area contributed by atoms with Gasteiger partial charge in [0.1, 0.15) is 29.5 Å². The monoisotopic (exact) mass is 469 g/mol. The van der Waals surface area contributed by atoms with Gasteiger partial charge in [-0.2, -0.15) is 5.10 Å². The summed E-state index contributed by atoms with van der Waals surface area (Å²) in [7, 11) is 0. The van der Waals surface area contributed by atoms with Crippen LogP contribution in [0.4, 0.5) is 0 Å². The zero-order valence-electron chi connectivity index (χ0n) is 19.7. The van der Waals surface area contributed by atoms with Crippen LogP contribution >= 0.6 is 0 Å². The van der Waals surface area contributed by atoms with Crippen molar-refractivity contribution < 1.29 is 19.7 Å². The smallest absolute Gasteiger partial charge is 0.273 e. The highest BCUT2D eigenvalue weighted by molar-refractivity contribution is 6.00. The van der Waals surface area contributed by atoms with Crippen molar-refractivity contribution in [2.24, 2.45) is 0 Å². The van der Waals surface area contributed by atoms with Gasteiger partial charge < -0.3 is 19.8 Å². The van der Waals surface area contributed by atoms with Gasteiger partial charge in [0, 0.05) is 17.7 Å². The molecule has 5 rings (SSSR count). The molecule has 3 N–H and O–H groups in total. The van der Waals surface area contributed by atoms with Gasteiger partial charge in [-0.3, -0.25) is 9.89 Å². The molecule has 1 aromatic heterocycles. The highest BCUT2D eigenvalue weighted by Crippen LogP contribution is 2.45. The van der Waals surface area contributed by atoms with Crippen molar-refractivity contribution in [1.29, 1.82) is 0 Å². The van der Waals surface area contributed by atoms with Gasteiger partial charge in [0.05, 0.1) is 12.6 Å². The molecular weight excluding hydrogens is 442 g/mol.